The molecule has 4 rings (SSSR count). The molecule has 1 fully saturated rings. The molecule has 0 aliphatic carbocycles. The van der Waals surface area contributed by atoms with Gasteiger partial charge in [-0.1, -0.05) is 11.6 Å². The maximum Gasteiger partial charge on any atom is 0.410 e. The van der Waals surface area contributed by atoms with Crippen LogP contribution in [-0.2, 0) is 4.74 Å². The van der Waals surface area contributed by atoms with Gasteiger partial charge in [-0.25, -0.2) is 9.64 Å². The highest BCUT2D eigenvalue weighted by Crippen LogP contribution is 2.38. The molecule has 0 unspecified atom stereocenters. The highest BCUT2D eigenvalue weighted by atomic mass is 35.5. The summed E-state index contributed by atoms with van der Waals surface area (Å²) in [4.78, 5) is 22.2. The molecule has 2 aromatic carbocycles. The molecule has 0 saturated carbocycles. The minimum absolute atomic E-state index is 0.254. The summed E-state index contributed by atoms with van der Waals surface area (Å²) in [7, 11) is 0. The van der Waals surface area contributed by atoms with Crippen molar-refractivity contribution in [2.45, 2.75) is 45.6 Å². The zero-order valence-electron chi connectivity index (χ0n) is 21.3. The molecule has 9 heteroatoms. The molecule has 2 N–H and O–H groups in total. The Bertz CT molecular complexity index is 1320. The number of carbonyl (C=O) groups excluding carboxylic acids is 1. The van der Waals surface area contributed by atoms with Gasteiger partial charge in [0.25, 0.3) is 0 Å². The number of likely N-dealkylation sites (tertiary alicyclic amines) is 1. The van der Waals surface area contributed by atoms with E-state index in [-0.39, 0.29) is 6.09 Å². The number of piperidine rings is 1. The third kappa shape index (κ3) is 6.75. The van der Waals surface area contributed by atoms with Crippen molar-refractivity contribution >= 4 is 40.0 Å². The van der Waals surface area contributed by atoms with Crippen molar-refractivity contribution in [3.8, 4) is 17.2 Å². The molecule has 0 radical (unpaired) electrons. The molecule has 0 atom stereocenters. The number of ether oxygens (including phenoxy) is 3. The second-order valence-electron chi connectivity index (χ2n) is 10.1. The van der Waals surface area contributed by atoms with Gasteiger partial charge in [0.1, 0.15) is 22.8 Å². The summed E-state index contributed by atoms with van der Waals surface area (Å²) < 4.78 is 17.5. The molecule has 0 spiro atoms. The second-order valence-corrected chi connectivity index (χ2v) is 10.5. The lowest BCUT2D eigenvalue weighted by Gasteiger charge is -2.33. The van der Waals surface area contributed by atoms with Gasteiger partial charge in [0.05, 0.1) is 29.4 Å². The quantitative estimate of drug-likeness (QED) is 0.271. The van der Waals surface area contributed by atoms with Crippen molar-refractivity contribution in [3.63, 3.8) is 0 Å². The lowest BCUT2D eigenvalue weighted by Crippen LogP contribution is -2.41. The number of hydrogen-bond donors (Lipinski definition) is 1. The average molecular weight is 523 g/mol. The number of nitrogen functional groups attached to an aromatic ring is 1. The summed E-state index contributed by atoms with van der Waals surface area (Å²) in [6, 6.07) is 10.3. The highest BCUT2D eigenvalue weighted by molar-refractivity contribution is 6.33. The molecule has 1 aliphatic heterocycles. The van der Waals surface area contributed by atoms with E-state index in [2.05, 4.69) is 9.83 Å². The van der Waals surface area contributed by atoms with Gasteiger partial charge in [-0.3, -0.25) is 4.98 Å². The molecule has 1 amide bonds. The maximum atomic E-state index is 12.3. The van der Waals surface area contributed by atoms with Gasteiger partial charge in [-0.05, 0) is 76.3 Å². The summed E-state index contributed by atoms with van der Waals surface area (Å²) >= 11 is 6.12. The van der Waals surface area contributed by atoms with E-state index in [1.54, 1.807) is 47.5 Å². The molecule has 3 aromatic rings. The van der Waals surface area contributed by atoms with Crippen molar-refractivity contribution < 1.29 is 19.0 Å². The number of nitrogens with zero attached hydrogens (tertiary/aromatic N) is 3. The van der Waals surface area contributed by atoms with Gasteiger partial charge < -0.3 is 24.8 Å². The van der Waals surface area contributed by atoms with Crippen molar-refractivity contribution in [2.75, 3.05) is 25.4 Å². The van der Waals surface area contributed by atoms with Crippen LogP contribution in [-0.4, -0.2) is 41.3 Å². The van der Waals surface area contributed by atoms with Crippen LogP contribution in [0.15, 0.2) is 42.6 Å². The Morgan fingerprint density at radius 3 is 2.62 bits per heavy atom. The van der Waals surface area contributed by atoms with Gasteiger partial charge in [0.15, 0.2) is 0 Å². The van der Waals surface area contributed by atoms with Crippen LogP contribution < -0.4 is 15.2 Å². The molecule has 1 aromatic heterocycles. The van der Waals surface area contributed by atoms with Crippen molar-refractivity contribution in [1.29, 1.82) is 0 Å². The third-order valence-corrected chi connectivity index (χ3v) is 6.48. The van der Waals surface area contributed by atoms with Gasteiger partial charge >= 0.3 is 6.09 Å². The average Bonchev–Trinajstić information content (AvgIpc) is 2.85. The molecule has 0 bridgehead atoms. The number of carbonyl (C=O) groups is 1. The minimum atomic E-state index is -0.492. The molecule has 1 aliphatic rings. The third-order valence-electron chi connectivity index (χ3n) is 6.15. The highest BCUT2D eigenvalue weighted by Gasteiger charge is 2.26. The number of pyridine rings is 1. The first-order chi connectivity index (χ1) is 17.6. The minimum Gasteiger partial charge on any atom is -0.505 e. The molecule has 1 saturated heterocycles. The standard InChI is InChI=1S/C28H31ClN4O4/c1-28(2,3)37-27(34)33-12-8-18(9-13-33)10-14-35-26-17-23-20(16-24(26)31-4)25(7-11-32-23)36-19-5-6-22(30)21(29)15-19/h5-7,11,15-18H,8-10,12-14,30H2,1-3H3. The van der Waals surface area contributed by atoms with E-state index in [4.69, 9.17) is 38.1 Å². The number of rotatable bonds is 6. The van der Waals surface area contributed by atoms with Crippen molar-refractivity contribution in [3.05, 3.63) is 59.0 Å². The predicted octanol–water partition coefficient (Wildman–Crippen LogP) is 7.23. The summed E-state index contributed by atoms with van der Waals surface area (Å²) in [6.07, 6.45) is 4.03. The first kappa shape index (κ1) is 26.4. The van der Waals surface area contributed by atoms with Gasteiger partial charge in [0, 0.05) is 30.7 Å². The van der Waals surface area contributed by atoms with Gasteiger partial charge in [-0.2, -0.15) is 0 Å². The lowest BCUT2D eigenvalue weighted by atomic mass is 9.94. The Morgan fingerprint density at radius 2 is 1.95 bits per heavy atom. The van der Waals surface area contributed by atoms with Crippen molar-refractivity contribution in [2.24, 2.45) is 5.92 Å². The molecule has 194 valence electrons. The summed E-state index contributed by atoms with van der Waals surface area (Å²) in [5.41, 5.74) is 6.82. The SMILES string of the molecule is [C-]#[N+]c1cc2c(Oc3ccc(N)c(Cl)c3)ccnc2cc1OCCC1CCN(C(=O)OC(C)(C)C)CC1. The molecule has 2 heterocycles. The Kier molecular flexibility index (Phi) is 7.94. The van der Waals surface area contributed by atoms with E-state index < -0.39 is 5.60 Å². The van der Waals surface area contributed by atoms with Crippen LogP contribution in [0.5, 0.6) is 17.2 Å². The Hall–Kier alpha value is -3.70. The van der Waals surface area contributed by atoms with E-state index in [0.717, 1.165) is 19.3 Å². The summed E-state index contributed by atoms with van der Waals surface area (Å²) in [5, 5.41) is 1.10. The van der Waals surface area contributed by atoms with E-state index in [1.807, 2.05) is 20.8 Å². The summed E-state index contributed by atoms with van der Waals surface area (Å²) in [5.74, 6) is 2.03. The van der Waals surface area contributed by atoms with Crippen LogP contribution in [0.3, 0.4) is 0 Å². The molecular weight excluding hydrogens is 492 g/mol. The van der Waals surface area contributed by atoms with Crippen LogP contribution >= 0.6 is 11.6 Å². The number of aromatic nitrogens is 1. The van der Waals surface area contributed by atoms with Crippen LogP contribution in [0.4, 0.5) is 16.2 Å². The number of fused-ring (bicyclic) bond motifs is 1. The van der Waals surface area contributed by atoms with Crippen LogP contribution in [0.1, 0.15) is 40.0 Å². The van der Waals surface area contributed by atoms with Gasteiger partial charge in [-0.15, -0.1) is 0 Å². The fraction of sp³-hybridized carbons (Fsp3) is 0.393. The van der Waals surface area contributed by atoms with E-state index in [1.165, 1.54) is 0 Å². The largest absolute Gasteiger partial charge is 0.505 e. The topological polar surface area (TPSA) is 91.3 Å². The van der Waals surface area contributed by atoms with Crippen LogP contribution in [0, 0.1) is 12.5 Å². The number of hydrogen-bond acceptors (Lipinski definition) is 6. The van der Waals surface area contributed by atoms with E-state index >= 15 is 0 Å². The number of benzene rings is 2. The second kappa shape index (κ2) is 11.1. The Balaban J connectivity index is 1.38. The van der Waals surface area contributed by atoms with Crippen LogP contribution in [0.25, 0.3) is 15.7 Å². The van der Waals surface area contributed by atoms with Crippen molar-refractivity contribution in [1.82, 2.24) is 9.88 Å². The number of halogens is 1. The molecule has 8 nitrogen and oxygen atoms in total. The maximum absolute atomic E-state index is 12.3. The van der Waals surface area contributed by atoms with Gasteiger partial charge in [0.2, 0.25) is 5.69 Å². The normalized spacial score (nSPS) is 14.3. The van der Waals surface area contributed by atoms with E-state index in [0.29, 0.717) is 70.2 Å². The monoisotopic (exact) mass is 522 g/mol. The van der Waals surface area contributed by atoms with Crippen LogP contribution in [0.2, 0.25) is 5.02 Å². The number of amides is 1. The predicted molar refractivity (Wildman–Crippen MR) is 145 cm³/mol. The Labute approximate surface area is 222 Å². The first-order valence-corrected chi connectivity index (χ1v) is 12.6. The first-order valence-electron chi connectivity index (χ1n) is 12.3. The fourth-order valence-corrected chi connectivity index (χ4v) is 4.36. The lowest BCUT2D eigenvalue weighted by molar-refractivity contribution is 0.0177. The smallest absolute Gasteiger partial charge is 0.410 e. The Morgan fingerprint density at radius 1 is 1.19 bits per heavy atom. The fourth-order valence-electron chi connectivity index (χ4n) is 4.19. The molecule has 37 heavy (non-hydrogen) atoms. The zero-order valence-corrected chi connectivity index (χ0v) is 22.0. The van der Waals surface area contributed by atoms with E-state index in [9.17, 15) is 4.79 Å². The number of anilines is 1. The zero-order chi connectivity index (χ0) is 26.6. The summed E-state index contributed by atoms with van der Waals surface area (Å²) in [6.45, 7) is 15.1. The molecular formula is C28H31ClN4O4. The number of nitrogens with two attached hydrogens (primary N) is 1.